The summed E-state index contributed by atoms with van der Waals surface area (Å²) >= 11 is 1.61. The third kappa shape index (κ3) is 2.70. The average Bonchev–Trinajstić information content (AvgIpc) is 2.85. The fourth-order valence-corrected chi connectivity index (χ4v) is 2.67. The van der Waals surface area contributed by atoms with Crippen LogP contribution in [0.15, 0.2) is 29.6 Å². The summed E-state index contributed by atoms with van der Waals surface area (Å²) in [5, 5.41) is 5.04. The van der Waals surface area contributed by atoms with E-state index in [-0.39, 0.29) is 17.5 Å². The summed E-state index contributed by atoms with van der Waals surface area (Å²) in [7, 11) is 0. The lowest BCUT2D eigenvalue weighted by molar-refractivity contribution is 0.591. The lowest BCUT2D eigenvalue weighted by Gasteiger charge is -2.17. The van der Waals surface area contributed by atoms with E-state index in [0.29, 0.717) is 5.56 Å². The Hall–Kier alpha value is -1.42. The Morgan fingerprint density at radius 1 is 1.28 bits per heavy atom. The van der Waals surface area contributed by atoms with Gasteiger partial charge in [-0.15, -0.1) is 11.3 Å². The molecule has 1 unspecified atom stereocenters. The van der Waals surface area contributed by atoms with Crippen LogP contribution < -0.4 is 5.32 Å². The molecule has 0 fully saturated rings. The van der Waals surface area contributed by atoms with Gasteiger partial charge in [0.05, 0.1) is 11.7 Å². The predicted octanol–water partition coefficient (Wildman–Crippen LogP) is 4.90. The molecule has 0 amide bonds. The molecule has 0 bridgehead atoms. The lowest BCUT2D eigenvalue weighted by atomic mass is 10.1. The number of rotatable bonds is 4. The first-order valence-electron chi connectivity index (χ1n) is 5.87. The van der Waals surface area contributed by atoms with Gasteiger partial charge in [0.1, 0.15) is 11.6 Å². The molecule has 0 aliphatic heterocycles. The first-order chi connectivity index (χ1) is 8.61. The van der Waals surface area contributed by atoms with Crippen molar-refractivity contribution in [3.05, 3.63) is 51.7 Å². The summed E-state index contributed by atoms with van der Waals surface area (Å²) in [6.07, 6.45) is 0.815. The van der Waals surface area contributed by atoms with Gasteiger partial charge in [-0.2, -0.15) is 0 Å². The molecule has 0 saturated carbocycles. The van der Waals surface area contributed by atoms with Crippen molar-refractivity contribution >= 4 is 17.0 Å². The number of aryl methyl sites for hydroxylation is 1. The maximum atomic E-state index is 13.7. The molecule has 2 rings (SSSR count). The summed E-state index contributed by atoms with van der Waals surface area (Å²) < 4.78 is 27.2. The number of thiophene rings is 1. The Morgan fingerprint density at radius 3 is 2.67 bits per heavy atom. The van der Waals surface area contributed by atoms with E-state index in [1.54, 1.807) is 18.3 Å². The Kier molecular flexibility index (Phi) is 3.97. The monoisotopic (exact) mass is 267 g/mol. The van der Waals surface area contributed by atoms with Crippen LogP contribution in [0.3, 0.4) is 0 Å². The van der Waals surface area contributed by atoms with Crippen molar-refractivity contribution in [2.24, 2.45) is 0 Å². The van der Waals surface area contributed by atoms with Gasteiger partial charge < -0.3 is 5.32 Å². The van der Waals surface area contributed by atoms with Gasteiger partial charge in [0.25, 0.3) is 0 Å². The minimum Gasteiger partial charge on any atom is -0.375 e. The summed E-state index contributed by atoms with van der Waals surface area (Å²) in [6, 6.07) is 6.41. The summed E-state index contributed by atoms with van der Waals surface area (Å²) in [4.78, 5) is 1.12. The van der Waals surface area contributed by atoms with E-state index in [4.69, 9.17) is 0 Å². The maximum absolute atomic E-state index is 13.7. The van der Waals surface area contributed by atoms with Gasteiger partial charge in [-0.05, 0) is 36.4 Å². The molecule has 2 aromatic rings. The number of halogens is 2. The molecule has 96 valence electrons. The highest BCUT2D eigenvalue weighted by atomic mass is 32.1. The molecule has 0 radical (unpaired) electrons. The van der Waals surface area contributed by atoms with Gasteiger partial charge >= 0.3 is 0 Å². The van der Waals surface area contributed by atoms with Gasteiger partial charge in [-0.1, -0.05) is 13.0 Å². The van der Waals surface area contributed by atoms with Crippen LogP contribution in [0.25, 0.3) is 0 Å². The minimum absolute atomic E-state index is 0.0154. The molecule has 4 heteroatoms. The molecule has 1 N–H and O–H groups in total. The van der Waals surface area contributed by atoms with Crippen LogP contribution in [0.2, 0.25) is 0 Å². The fourth-order valence-electron chi connectivity index (χ4n) is 1.81. The Morgan fingerprint density at radius 2 is 2.06 bits per heavy atom. The predicted molar refractivity (Wildman–Crippen MR) is 72.1 cm³/mol. The molecule has 1 aromatic carbocycles. The zero-order valence-corrected chi connectivity index (χ0v) is 11.2. The standard InChI is InChI=1S/C14H15F2NS/c1-3-12(14-5-4-6-18-14)17-13-8-10(15)9(2)7-11(13)16/h4-8,12,17H,3H2,1-2H3. The van der Waals surface area contributed by atoms with E-state index in [1.165, 1.54) is 12.1 Å². The van der Waals surface area contributed by atoms with Crippen LogP contribution in [0, 0.1) is 18.6 Å². The third-order valence-electron chi connectivity index (χ3n) is 2.87. The number of hydrogen-bond acceptors (Lipinski definition) is 2. The van der Waals surface area contributed by atoms with Crippen LogP contribution in [-0.2, 0) is 0 Å². The van der Waals surface area contributed by atoms with E-state index in [0.717, 1.165) is 11.3 Å². The largest absolute Gasteiger partial charge is 0.375 e. The molecular weight excluding hydrogens is 252 g/mol. The first kappa shape index (κ1) is 13.0. The SMILES string of the molecule is CCC(Nc1cc(F)c(C)cc1F)c1cccs1. The van der Waals surface area contributed by atoms with Crippen molar-refractivity contribution in [1.82, 2.24) is 0 Å². The van der Waals surface area contributed by atoms with Crippen molar-refractivity contribution < 1.29 is 8.78 Å². The molecule has 0 spiro atoms. The van der Waals surface area contributed by atoms with E-state index < -0.39 is 5.82 Å². The Bertz CT molecular complexity index is 523. The molecule has 1 atom stereocenters. The van der Waals surface area contributed by atoms with Gasteiger partial charge in [0.15, 0.2) is 0 Å². The second-order valence-corrected chi connectivity index (χ2v) is 5.18. The Balaban J connectivity index is 2.25. The minimum atomic E-state index is -0.413. The number of anilines is 1. The van der Waals surface area contributed by atoms with Crippen LogP contribution >= 0.6 is 11.3 Å². The Labute approximate surface area is 109 Å². The highest BCUT2D eigenvalue weighted by Crippen LogP contribution is 2.28. The van der Waals surface area contributed by atoms with Crippen molar-refractivity contribution in [3.8, 4) is 0 Å². The van der Waals surface area contributed by atoms with Gasteiger partial charge in [0.2, 0.25) is 0 Å². The molecule has 1 nitrogen and oxygen atoms in total. The molecule has 1 aromatic heterocycles. The highest BCUT2D eigenvalue weighted by Gasteiger charge is 2.14. The van der Waals surface area contributed by atoms with E-state index in [9.17, 15) is 8.78 Å². The quantitative estimate of drug-likeness (QED) is 0.831. The van der Waals surface area contributed by atoms with Crippen LogP contribution in [-0.4, -0.2) is 0 Å². The van der Waals surface area contributed by atoms with Crippen LogP contribution in [0.4, 0.5) is 14.5 Å². The fraction of sp³-hybridized carbons (Fsp3) is 0.286. The van der Waals surface area contributed by atoms with Crippen LogP contribution in [0.5, 0.6) is 0 Å². The zero-order valence-electron chi connectivity index (χ0n) is 10.3. The molecule has 0 saturated heterocycles. The maximum Gasteiger partial charge on any atom is 0.146 e. The number of nitrogens with one attached hydrogen (secondary N) is 1. The number of benzene rings is 1. The smallest absolute Gasteiger partial charge is 0.146 e. The summed E-state index contributed by atoms with van der Waals surface area (Å²) in [5.41, 5.74) is 0.542. The van der Waals surface area contributed by atoms with Crippen molar-refractivity contribution in [1.29, 1.82) is 0 Å². The first-order valence-corrected chi connectivity index (χ1v) is 6.75. The van der Waals surface area contributed by atoms with E-state index in [1.807, 2.05) is 24.4 Å². The second kappa shape index (κ2) is 5.48. The molecule has 0 aliphatic rings. The lowest BCUT2D eigenvalue weighted by Crippen LogP contribution is -2.10. The molecule has 18 heavy (non-hydrogen) atoms. The van der Waals surface area contributed by atoms with Crippen LogP contribution in [0.1, 0.15) is 29.8 Å². The normalized spacial score (nSPS) is 12.4. The third-order valence-corrected chi connectivity index (χ3v) is 3.86. The zero-order chi connectivity index (χ0) is 13.1. The highest BCUT2D eigenvalue weighted by molar-refractivity contribution is 7.10. The van der Waals surface area contributed by atoms with Crippen molar-refractivity contribution in [2.75, 3.05) is 5.32 Å². The number of hydrogen-bond donors (Lipinski definition) is 1. The molecule has 1 heterocycles. The second-order valence-electron chi connectivity index (χ2n) is 4.20. The topological polar surface area (TPSA) is 12.0 Å². The molecule has 0 aliphatic carbocycles. The van der Waals surface area contributed by atoms with Gasteiger partial charge in [-0.25, -0.2) is 8.78 Å². The van der Waals surface area contributed by atoms with Crippen molar-refractivity contribution in [3.63, 3.8) is 0 Å². The van der Waals surface area contributed by atoms with Gasteiger partial charge in [-0.3, -0.25) is 0 Å². The summed E-state index contributed by atoms with van der Waals surface area (Å²) in [6.45, 7) is 3.57. The van der Waals surface area contributed by atoms with E-state index in [2.05, 4.69) is 5.32 Å². The van der Waals surface area contributed by atoms with Gasteiger partial charge in [0, 0.05) is 10.9 Å². The summed E-state index contributed by atoms with van der Waals surface area (Å²) in [5.74, 6) is -0.802. The van der Waals surface area contributed by atoms with E-state index >= 15 is 0 Å². The van der Waals surface area contributed by atoms with Crippen molar-refractivity contribution in [2.45, 2.75) is 26.3 Å². The average molecular weight is 267 g/mol. The molecular formula is C14H15F2NS.